The molecule has 7 heteroatoms. The van der Waals surface area contributed by atoms with E-state index in [1.807, 2.05) is 65.4 Å². The minimum Gasteiger partial charge on any atom is -0.352 e. The number of nitrogens with two attached hydrogens (primary N) is 1. The number of hydrogen-bond donors (Lipinski definition) is 3. The number of benzene rings is 2. The van der Waals surface area contributed by atoms with Crippen molar-refractivity contribution in [1.29, 1.82) is 0 Å². The number of rotatable bonds is 7. The third-order valence-corrected chi connectivity index (χ3v) is 4.12. The van der Waals surface area contributed by atoms with Crippen molar-refractivity contribution in [3.8, 4) is 5.69 Å². The Balaban J connectivity index is 1.60. The topological polar surface area (TPSA) is 102 Å². The quantitative estimate of drug-likeness (QED) is 0.596. The van der Waals surface area contributed by atoms with E-state index in [9.17, 15) is 9.59 Å². The predicted octanol–water partition coefficient (Wildman–Crippen LogP) is 1.77. The van der Waals surface area contributed by atoms with Crippen molar-refractivity contribution < 1.29 is 9.59 Å². The summed E-state index contributed by atoms with van der Waals surface area (Å²) in [6.45, 7) is 0.356. The van der Waals surface area contributed by atoms with Gasteiger partial charge >= 0.3 is 6.03 Å². The lowest BCUT2D eigenvalue weighted by molar-refractivity contribution is -0.123. The van der Waals surface area contributed by atoms with Crippen molar-refractivity contribution in [2.75, 3.05) is 0 Å². The van der Waals surface area contributed by atoms with Gasteiger partial charge in [-0.15, -0.1) is 0 Å². The minimum absolute atomic E-state index is 0.281. The van der Waals surface area contributed by atoms with Gasteiger partial charge in [-0.3, -0.25) is 4.79 Å². The maximum absolute atomic E-state index is 12.5. The van der Waals surface area contributed by atoms with Crippen molar-refractivity contribution in [2.45, 2.75) is 19.0 Å². The van der Waals surface area contributed by atoms with Gasteiger partial charge in [0, 0.05) is 31.0 Å². The molecule has 0 radical (unpaired) electrons. The van der Waals surface area contributed by atoms with Crippen molar-refractivity contribution >= 4 is 11.9 Å². The Morgan fingerprint density at radius 2 is 1.78 bits per heavy atom. The van der Waals surface area contributed by atoms with Gasteiger partial charge < -0.3 is 20.9 Å². The van der Waals surface area contributed by atoms with E-state index in [1.54, 1.807) is 12.5 Å². The SMILES string of the molecule is NC(=O)NC(Cc1ccccc1)C(=O)NCc1ccc(-n2ccnc2)cc1. The highest BCUT2D eigenvalue weighted by molar-refractivity contribution is 5.86. The predicted molar refractivity (Wildman–Crippen MR) is 102 cm³/mol. The van der Waals surface area contributed by atoms with Gasteiger partial charge in [0.15, 0.2) is 0 Å². The molecule has 0 spiro atoms. The van der Waals surface area contributed by atoms with Gasteiger partial charge in [-0.2, -0.15) is 0 Å². The molecule has 1 aromatic heterocycles. The first kappa shape index (κ1) is 18.2. The normalized spacial score (nSPS) is 11.6. The van der Waals surface area contributed by atoms with Crippen LogP contribution >= 0.6 is 0 Å². The Morgan fingerprint density at radius 3 is 2.41 bits per heavy atom. The van der Waals surface area contributed by atoms with E-state index >= 15 is 0 Å². The van der Waals surface area contributed by atoms with E-state index in [0.29, 0.717) is 13.0 Å². The van der Waals surface area contributed by atoms with E-state index < -0.39 is 12.1 Å². The summed E-state index contributed by atoms with van der Waals surface area (Å²) in [5, 5.41) is 5.36. The van der Waals surface area contributed by atoms with Gasteiger partial charge in [0.2, 0.25) is 5.91 Å². The lowest BCUT2D eigenvalue weighted by Gasteiger charge is -2.17. The molecule has 0 fully saturated rings. The molecule has 7 nitrogen and oxygen atoms in total. The highest BCUT2D eigenvalue weighted by Crippen LogP contribution is 2.09. The van der Waals surface area contributed by atoms with Gasteiger partial charge in [-0.1, -0.05) is 42.5 Å². The van der Waals surface area contributed by atoms with Crippen LogP contribution in [-0.4, -0.2) is 27.5 Å². The molecule has 0 bridgehead atoms. The highest BCUT2D eigenvalue weighted by atomic mass is 16.2. The molecule has 1 unspecified atom stereocenters. The molecule has 3 aromatic rings. The Bertz CT molecular complexity index is 877. The summed E-state index contributed by atoms with van der Waals surface area (Å²) in [6.07, 6.45) is 5.67. The van der Waals surface area contributed by atoms with Crippen LogP contribution < -0.4 is 16.4 Å². The zero-order valence-corrected chi connectivity index (χ0v) is 14.7. The number of aromatic nitrogens is 2. The number of nitrogens with one attached hydrogen (secondary N) is 2. The second kappa shape index (κ2) is 8.66. The smallest absolute Gasteiger partial charge is 0.312 e. The molecular weight excluding hydrogens is 342 g/mol. The summed E-state index contributed by atoms with van der Waals surface area (Å²) in [5.74, 6) is -0.281. The third-order valence-electron chi connectivity index (χ3n) is 4.12. The fourth-order valence-electron chi connectivity index (χ4n) is 2.74. The van der Waals surface area contributed by atoms with Crippen LogP contribution in [0.5, 0.6) is 0 Å². The van der Waals surface area contributed by atoms with Crippen LogP contribution in [0, 0.1) is 0 Å². The number of nitrogens with zero attached hydrogens (tertiary/aromatic N) is 2. The first-order valence-corrected chi connectivity index (χ1v) is 8.56. The standard InChI is InChI=1S/C20H21N5O2/c21-20(27)24-18(12-15-4-2-1-3-5-15)19(26)23-13-16-6-8-17(9-7-16)25-11-10-22-14-25/h1-11,14,18H,12-13H2,(H,23,26)(H3,21,24,27). The molecular formula is C20H21N5O2. The van der Waals surface area contributed by atoms with Crippen LogP contribution in [0.25, 0.3) is 5.69 Å². The number of carbonyl (C=O) groups excluding carboxylic acids is 2. The molecule has 0 aliphatic rings. The summed E-state index contributed by atoms with van der Waals surface area (Å²) < 4.78 is 1.90. The number of carbonyl (C=O) groups is 2. The third kappa shape index (κ3) is 5.18. The Labute approximate surface area is 157 Å². The summed E-state index contributed by atoms with van der Waals surface area (Å²) in [5.41, 5.74) is 8.09. The van der Waals surface area contributed by atoms with Crippen LogP contribution in [0.2, 0.25) is 0 Å². The van der Waals surface area contributed by atoms with Gasteiger partial charge in [0.25, 0.3) is 0 Å². The first-order chi connectivity index (χ1) is 13.1. The Kier molecular flexibility index (Phi) is 5.84. The lowest BCUT2D eigenvalue weighted by atomic mass is 10.1. The molecule has 1 heterocycles. The molecule has 0 aliphatic heterocycles. The van der Waals surface area contributed by atoms with Gasteiger partial charge in [-0.05, 0) is 23.3 Å². The molecule has 138 valence electrons. The summed E-state index contributed by atoms with van der Waals surface area (Å²) >= 11 is 0. The number of hydrogen-bond acceptors (Lipinski definition) is 3. The fraction of sp³-hybridized carbons (Fsp3) is 0.150. The Hall–Kier alpha value is -3.61. The zero-order valence-electron chi connectivity index (χ0n) is 14.7. The van der Waals surface area contributed by atoms with E-state index in [1.165, 1.54) is 0 Å². The van der Waals surface area contributed by atoms with E-state index in [2.05, 4.69) is 15.6 Å². The first-order valence-electron chi connectivity index (χ1n) is 8.56. The maximum Gasteiger partial charge on any atom is 0.312 e. The molecule has 3 rings (SSSR count). The zero-order chi connectivity index (χ0) is 19.1. The van der Waals surface area contributed by atoms with Crippen molar-refractivity contribution in [3.05, 3.63) is 84.4 Å². The van der Waals surface area contributed by atoms with Crippen LogP contribution in [0.3, 0.4) is 0 Å². The fourth-order valence-corrected chi connectivity index (χ4v) is 2.74. The average Bonchev–Trinajstić information content (AvgIpc) is 3.21. The van der Waals surface area contributed by atoms with Crippen molar-refractivity contribution in [2.24, 2.45) is 5.73 Å². The molecule has 3 amide bonds. The number of primary amides is 1. The maximum atomic E-state index is 12.5. The lowest BCUT2D eigenvalue weighted by Crippen LogP contribution is -2.49. The molecule has 0 saturated heterocycles. The molecule has 0 aliphatic carbocycles. The average molecular weight is 363 g/mol. The Morgan fingerprint density at radius 1 is 1.04 bits per heavy atom. The van der Waals surface area contributed by atoms with Gasteiger partial charge in [0.1, 0.15) is 6.04 Å². The van der Waals surface area contributed by atoms with Gasteiger partial charge in [-0.25, -0.2) is 9.78 Å². The van der Waals surface area contributed by atoms with Crippen LogP contribution in [-0.2, 0) is 17.8 Å². The molecule has 2 aromatic carbocycles. The number of imidazole rings is 1. The highest BCUT2D eigenvalue weighted by Gasteiger charge is 2.20. The van der Waals surface area contributed by atoms with E-state index in [0.717, 1.165) is 16.8 Å². The molecule has 1 atom stereocenters. The molecule has 0 saturated carbocycles. The summed E-state index contributed by atoms with van der Waals surface area (Å²) in [4.78, 5) is 27.8. The second-order valence-electron chi connectivity index (χ2n) is 6.11. The monoisotopic (exact) mass is 363 g/mol. The van der Waals surface area contributed by atoms with Crippen LogP contribution in [0.15, 0.2) is 73.3 Å². The number of urea groups is 1. The van der Waals surface area contributed by atoms with E-state index in [4.69, 9.17) is 5.73 Å². The summed E-state index contributed by atoms with van der Waals surface area (Å²) in [7, 11) is 0. The van der Waals surface area contributed by atoms with Crippen LogP contribution in [0.4, 0.5) is 4.79 Å². The molecule has 27 heavy (non-hydrogen) atoms. The van der Waals surface area contributed by atoms with Crippen molar-refractivity contribution in [3.63, 3.8) is 0 Å². The van der Waals surface area contributed by atoms with Crippen LogP contribution in [0.1, 0.15) is 11.1 Å². The largest absolute Gasteiger partial charge is 0.352 e. The van der Waals surface area contributed by atoms with Gasteiger partial charge in [0.05, 0.1) is 6.33 Å². The van der Waals surface area contributed by atoms with E-state index in [-0.39, 0.29) is 5.91 Å². The summed E-state index contributed by atoms with van der Waals surface area (Å²) in [6, 6.07) is 15.8. The second-order valence-corrected chi connectivity index (χ2v) is 6.11. The number of amides is 3. The minimum atomic E-state index is -0.727. The van der Waals surface area contributed by atoms with Crippen molar-refractivity contribution in [1.82, 2.24) is 20.2 Å². The molecule has 4 N–H and O–H groups in total.